The zero-order chi connectivity index (χ0) is 16.3. The highest BCUT2D eigenvalue weighted by molar-refractivity contribution is 5.89. The molecule has 0 saturated heterocycles. The van der Waals surface area contributed by atoms with Crippen molar-refractivity contribution in [2.45, 2.75) is 31.1 Å². The first-order chi connectivity index (χ1) is 11.1. The third-order valence-electron chi connectivity index (χ3n) is 4.70. The van der Waals surface area contributed by atoms with Crippen LogP contribution in [-0.2, 0) is 16.6 Å². The van der Waals surface area contributed by atoms with E-state index in [-0.39, 0.29) is 24.1 Å². The van der Waals surface area contributed by atoms with Crippen LogP contribution in [0.3, 0.4) is 0 Å². The molecule has 1 amide bonds. The fraction of sp³-hybridized carbons (Fsp3) is 0.316. The number of nitrogens with one attached hydrogen (secondary N) is 1. The van der Waals surface area contributed by atoms with E-state index >= 15 is 0 Å². The highest BCUT2D eigenvalue weighted by atomic mass is 35.5. The number of anilines is 1. The summed E-state index contributed by atoms with van der Waals surface area (Å²) in [4.78, 5) is 12.6. The fourth-order valence-electron chi connectivity index (χ4n) is 3.14. The minimum absolute atomic E-state index is 0. The van der Waals surface area contributed by atoms with Gasteiger partial charge in [-0.25, -0.2) is 4.39 Å². The first-order valence-electron chi connectivity index (χ1n) is 7.99. The number of carbonyl (C=O) groups is 1. The summed E-state index contributed by atoms with van der Waals surface area (Å²) in [6, 6.07) is 14.1. The number of amides is 1. The fourth-order valence-corrected chi connectivity index (χ4v) is 3.14. The van der Waals surface area contributed by atoms with E-state index in [0.717, 1.165) is 42.5 Å². The average molecular weight is 349 g/mol. The number of benzene rings is 2. The van der Waals surface area contributed by atoms with Gasteiger partial charge >= 0.3 is 0 Å². The summed E-state index contributed by atoms with van der Waals surface area (Å²) < 4.78 is 13.5. The van der Waals surface area contributed by atoms with Gasteiger partial charge < -0.3 is 11.1 Å². The molecule has 24 heavy (non-hydrogen) atoms. The van der Waals surface area contributed by atoms with Gasteiger partial charge in [-0.05, 0) is 54.7 Å². The molecule has 0 bridgehead atoms. The van der Waals surface area contributed by atoms with E-state index in [4.69, 9.17) is 5.73 Å². The van der Waals surface area contributed by atoms with E-state index in [1.165, 1.54) is 12.1 Å². The van der Waals surface area contributed by atoms with Gasteiger partial charge in [0.05, 0.1) is 5.41 Å². The van der Waals surface area contributed by atoms with Crippen molar-refractivity contribution in [1.29, 1.82) is 0 Å². The second-order valence-corrected chi connectivity index (χ2v) is 6.19. The Balaban J connectivity index is 0.00000208. The summed E-state index contributed by atoms with van der Waals surface area (Å²) in [6.07, 6.45) is 3.32. The molecule has 0 spiro atoms. The van der Waals surface area contributed by atoms with Crippen molar-refractivity contribution in [3.63, 3.8) is 0 Å². The van der Waals surface area contributed by atoms with Crippen molar-refractivity contribution in [2.24, 2.45) is 0 Å². The normalized spacial score (nSPS) is 15.0. The SMILES string of the molecule is Cl.Nc1ccc(CCNC(=O)C2(c3cccc(F)c3)CCC2)cc1. The molecule has 1 aliphatic rings. The zero-order valence-electron chi connectivity index (χ0n) is 13.4. The Bertz CT molecular complexity index is 699. The monoisotopic (exact) mass is 348 g/mol. The molecular weight excluding hydrogens is 327 g/mol. The van der Waals surface area contributed by atoms with Crippen LogP contribution in [0.15, 0.2) is 48.5 Å². The molecule has 3 rings (SSSR count). The molecule has 0 heterocycles. The Morgan fingerprint density at radius 2 is 1.88 bits per heavy atom. The number of halogens is 2. The lowest BCUT2D eigenvalue weighted by atomic mass is 9.64. The van der Waals surface area contributed by atoms with Crippen molar-refractivity contribution in [2.75, 3.05) is 12.3 Å². The molecule has 0 atom stereocenters. The molecule has 3 nitrogen and oxygen atoms in total. The Labute approximate surface area is 147 Å². The van der Waals surface area contributed by atoms with Gasteiger partial charge in [0, 0.05) is 12.2 Å². The molecule has 2 aromatic rings. The Hall–Kier alpha value is -2.07. The summed E-state index contributed by atoms with van der Waals surface area (Å²) in [6.45, 7) is 0.569. The predicted octanol–water partition coefficient (Wildman–Crippen LogP) is 3.61. The number of hydrogen-bond donors (Lipinski definition) is 2. The molecule has 2 aromatic carbocycles. The van der Waals surface area contributed by atoms with Crippen LogP contribution in [0.2, 0.25) is 0 Å². The van der Waals surface area contributed by atoms with E-state index in [1.54, 1.807) is 6.07 Å². The van der Waals surface area contributed by atoms with Crippen LogP contribution >= 0.6 is 12.4 Å². The van der Waals surface area contributed by atoms with Crippen LogP contribution in [-0.4, -0.2) is 12.5 Å². The van der Waals surface area contributed by atoms with Crippen molar-refractivity contribution < 1.29 is 9.18 Å². The van der Waals surface area contributed by atoms with Crippen LogP contribution < -0.4 is 11.1 Å². The highest BCUT2D eigenvalue weighted by Gasteiger charge is 2.45. The number of carbonyl (C=O) groups excluding carboxylic acids is 1. The molecule has 3 N–H and O–H groups in total. The summed E-state index contributed by atoms with van der Waals surface area (Å²) in [7, 11) is 0. The third kappa shape index (κ3) is 3.70. The maximum Gasteiger partial charge on any atom is 0.230 e. The van der Waals surface area contributed by atoms with Crippen molar-refractivity contribution >= 4 is 24.0 Å². The first-order valence-corrected chi connectivity index (χ1v) is 7.99. The molecular formula is C19H22ClFN2O. The van der Waals surface area contributed by atoms with Crippen LogP contribution in [0.1, 0.15) is 30.4 Å². The summed E-state index contributed by atoms with van der Waals surface area (Å²) in [5.41, 5.74) is 7.76. The minimum atomic E-state index is -0.552. The molecule has 1 saturated carbocycles. The molecule has 128 valence electrons. The smallest absolute Gasteiger partial charge is 0.230 e. The van der Waals surface area contributed by atoms with Crippen LogP contribution in [0.25, 0.3) is 0 Å². The van der Waals surface area contributed by atoms with E-state index < -0.39 is 5.41 Å². The van der Waals surface area contributed by atoms with Gasteiger partial charge in [-0.2, -0.15) is 0 Å². The molecule has 0 aromatic heterocycles. The molecule has 1 aliphatic carbocycles. The van der Waals surface area contributed by atoms with E-state index in [9.17, 15) is 9.18 Å². The van der Waals surface area contributed by atoms with Gasteiger partial charge in [-0.3, -0.25) is 4.79 Å². The van der Waals surface area contributed by atoms with Crippen molar-refractivity contribution in [3.8, 4) is 0 Å². The van der Waals surface area contributed by atoms with Gasteiger partial charge in [0.25, 0.3) is 0 Å². The Morgan fingerprint density at radius 1 is 1.17 bits per heavy atom. The van der Waals surface area contributed by atoms with Crippen molar-refractivity contribution in [3.05, 3.63) is 65.5 Å². The quantitative estimate of drug-likeness (QED) is 0.811. The zero-order valence-corrected chi connectivity index (χ0v) is 14.2. The lowest BCUT2D eigenvalue weighted by molar-refractivity contribution is -0.129. The maximum atomic E-state index is 13.5. The summed E-state index contributed by atoms with van der Waals surface area (Å²) >= 11 is 0. The molecule has 1 fully saturated rings. The van der Waals surface area contributed by atoms with Gasteiger partial charge in [-0.1, -0.05) is 30.7 Å². The number of rotatable bonds is 5. The highest BCUT2D eigenvalue weighted by Crippen LogP contribution is 2.44. The largest absolute Gasteiger partial charge is 0.399 e. The topological polar surface area (TPSA) is 55.1 Å². The van der Waals surface area contributed by atoms with Crippen LogP contribution in [0.5, 0.6) is 0 Å². The van der Waals surface area contributed by atoms with Gasteiger partial charge in [0.1, 0.15) is 5.82 Å². The lowest BCUT2D eigenvalue weighted by Crippen LogP contribution is -2.49. The Morgan fingerprint density at radius 3 is 2.46 bits per heavy atom. The molecule has 0 unspecified atom stereocenters. The number of nitrogens with two attached hydrogens (primary N) is 1. The van der Waals surface area contributed by atoms with E-state index in [1.807, 2.05) is 30.3 Å². The van der Waals surface area contributed by atoms with Gasteiger partial charge in [-0.15, -0.1) is 12.4 Å². The summed E-state index contributed by atoms with van der Waals surface area (Å²) in [5.74, 6) is -0.284. The number of hydrogen-bond acceptors (Lipinski definition) is 2. The second-order valence-electron chi connectivity index (χ2n) is 6.19. The first kappa shape index (κ1) is 18.3. The second kappa shape index (κ2) is 7.67. The predicted molar refractivity (Wildman–Crippen MR) is 96.7 cm³/mol. The molecule has 5 heteroatoms. The van der Waals surface area contributed by atoms with Crippen LogP contribution in [0.4, 0.5) is 10.1 Å². The summed E-state index contributed by atoms with van der Waals surface area (Å²) in [5, 5.41) is 3.01. The average Bonchev–Trinajstić information content (AvgIpc) is 2.48. The Kier molecular flexibility index (Phi) is 5.84. The van der Waals surface area contributed by atoms with Gasteiger partial charge in [0.15, 0.2) is 0 Å². The van der Waals surface area contributed by atoms with E-state index in [0.29, 0.717) is 6.54 Å². The maximum absolute atomic E-state index is 13.5. The standard InChI is InChI=1S/C19H21FN2O.ClH/c20-16-4-1-3-15(13-16)19(10-2-11-19)18(23)22-12-9-14-5-7-17(21)8-6-14;/h1,3-8,13H,2,9-12,21H2,(H,22,23);1H. The van der Waals surface area contributed by atoms with Crippen molar-refractivity contribution in [1.82, 2.24) is 5.32 Å². The third-order valence-corrected chi connectivity index (χ3v) is 4.70. The number of nitrogen functional groups attached to an aromatic ring is 1. The lowest BCUT2D eigenvalue weighted by Gasteiger charge is -2.40. The molecule has 0 aliphatic heterocycles. The van der Waals surface area contributed by atoms with E-state index in [2.05, 4.69) is 5.32 Å². The van der Waals surface area contributed by atoms with Gasteiger partial charge in [0.2, 0.25) is 5.91 Å². The minimum Gasteiger partial charge on any atom is -0.399 e. The van der Waals surface area contributed by atoms with Crippen LogP contribution in [0, 0.1) is 5.82 Å². The molecule has 0 radical (unpaired) electrons.